The SMILES string of the molecule is CNc1nnc(COc2cc([N+](=O)[O-])ccc2Br)s1. The van der Waals surface area contributed by atoms with Crippen molar-refractivity contribution < 1.29 is 9.66 Å². The number of ether oxygens (including phenoxy) is 1. The van der Waals surface area contributed by atoms with Gasteiger partial charge in [0.05, 0.1) is 15.5 Å². The Labute approximate surface area is 120 Å². The number of benzene rings is 1. The van der Waals surface area contributed by atoms with Crippen molar-refractivity contribution in [1.82, 2.24) is 10.2 Å². The number of nitrogens with one attached hydrogen (secondary N) is 1. The van der Waals surface area contributed by atoms with E-state index in [0.29, 0.717) is 20.4 Å². The smallest absolute Gasteiger partial charge is 0.273 e. The van der Waals surface area contributed by atoms with Crippen molar-refractivity contribution in [3.05, 3.63) is 37.8 Å². The van der Waals surface area contributed by atoms with Gasteiger partial charge in [-0.25, -0.2) is 0 Å². The normalized spacial score (nSPS) is 10.2. The van der Waals surface area contributed by atoms with Crippen molar-refractivity contribution in [3.8, 4) is 5.75 Å². The van der Waals surface area contributed by atoms with E-state index in [2.05, 4.69) is 31.4 Å². The second-order valence-electron chi connectivity index (χ2n) is 3.41. The van der Waals surface area contributed by atoms with E-state index in [1.165, 1.54) is 23.5 Å². The highest BCUT2D eigenvalue weighted by Crippen LogP contribution is 2.30. The zero-order chi connectivity index (χ0) is 13.8. The Balaban J connectivity index is 2.10. The molecular formula is C10H9BrN4O3S. The van der Waals surface area contributed by atoms with Crippen molar-refractivity contribution in [2.24, 2.45) is 0 Å². The zero-order valence-corrected chi connectivity index (χ0v) is 12.2. The maximum atomic E-state index is 10.7. The van der Waals surface area contributed by atoms with Crippen LogP contribution in [0.5, 0.6) is 5.75 Å². The number of anilines is 1. The third kappa shape index (κ3) is 3.38. The molecule has 1 aromatic carbocycles. The molecule has 0 amide bonds. The molecule has 0 spiro atoms. The van der Waals surface area contributed by atoms with Gasteiger partial charge in [0, 0.05) is 13.1 Å². The molecule has 1 N–H and O–H groups in total. The van der Waals surface area contributed by atoms with E-state index in [0.717, 1.165) is 0 Å². The van der Waals surface area contributed by atoms with Gasteiger partial charge in [0.2, 0.25) is 5.13 Å². The number of hydrogen-bond acceptors (Lipinski definition) is 7. The van der Waals surface area contributed by atoms with Gasteiger partial charge in [-0.3, -0.25) is 10.1 Å². The second kappa shape index (κ2) is 5.93. The second-order valence-corrected chi connectivity index (χ2v) is 5.33. The van der Waals surface area contributed by atoms with Crippen molar-refractivity contribution in [2.75, 3.05) is 12.4 Å². The molecular weight excluding hydrogens is 336 g/mol. The first kappa shape index (κ1) is 13.7. The Morgan fingerprint density at radius 1 is 1.53 bits per heavy atom. The molecule has 0 bridgehead atoms. The number of non-ortho nitro benzene ring substituents is 1. The molecule has 0 fully saturated rings. The van der Waals surface area contributed by atoms with Gasteiger partial charge < -0.3 is 10.1 Å². The fourth-order valence-electron chi connectivity index (χ4n) is 1.27. The standard InChI is InChI=1S/C10H9BrN4O3S/c1-12-10-14-13-9(19-10)5-18-8-4-6(15(16)17)2-3-7(8)11/h2-4H,5H2,1H3,(H,12,14). The molecule has 0 aliphatic heterocycles. The third-order valence-corrected chi connectivity index (χ3v) is 3.73. The largest absolute Gasteiger partial charge is 0.485 e. The first-order valence-corrected chi connectivity index (χ1v) is 6.78. The maximum absolute atomic E-state index is 10.7. The van der Waals surface area contributed by atoms with Crippen molar-refractivity contribution in [1.29, 1.82) is 0 Å². The highest BCUT2D eigenvalue weighted by Gasteiger charge is 2.11. The first-order valence-electron chi connectivity index (χ1n) is 5.17. The van der Waals surface area contributed by atoms with Crippen LogP contribution in [-0.2, 0) is 6.61 Å². The summed E-state index contributed by atoms with van der Waals surface area (Å²) in [6.07, 6.45) is 0. The molecule has 1 aromatic heterocycles. The summed E-state index contributed by atoms with van der Waals surface area (Å²) in [5.74, 6) is 0.399. The average Bonchev–Trinajstić information content (AvgIpc) is 2.85. The number of aromatic nitrogens is 2. The molecule has 0 unspecified atom stereocenters. The van der Waals surface area contributed by atoms with Gasteiger partial charge in [-0.2, -0.15) is 0 Å². The Bertz CT molecular complexity index is 604. The molecule has 100 valence electrons. The van der Waals surface area contributed by atoms with E-state index in [4.69, 9.17) is 4.74 Å². The Morgan fingerprint density at radius 2 is 2.32 bits per heavy atom. The van der Waals surface area contributed by atoms with E-state index >= 15 is 0 Å². The summed E-state index contributed by atoms with van der Waals surface area (Å²) >= 11 is 4.64. The molecule has 2 aromatic rings. The van der Waals surface area contributed by atoms with Crippen molar-refractivity contribution in [3.63, 3.8) is 0 Å². The Morgan fingerprint density at radius 3 is 2.95 bits per heavy atom. The lowest BCUT2D eigenvalue weighted by molar-refractivity contribution is -0.385. The summed E-state index contributed by atoms with van der Waals surface area (Å²) in [4.78, 5) is 10.2. The minimum absolute atomic E-state index is 0.0219. The minimum atomic E-state index is -0.469. The van der Waals surface area contributed by atoms with Gasteiger partial charge in [-0.15, -0.1) is 10.2 Å². The fraction of sp³-hybridized carbons (Fsp3) is 0.200. The molecule has 0 saturated heterocycles. The number of nitro benzene ring substituents is 1. The first-order chi connectivity index (χ1) is 9.10. The third-order valence-electron chi connectivity index (χ3n) is 2.16. The van der Waals surface area contributed by atoms with Crippen molar-refractivity contribution in [2.45, 2.75) is 6.61 Å². The van der Waals surface area contributed by atoms with Gasteiger partial charge in [0.25, 0.3) is 5.69 Å². The van der Waals surface area contributed by atoms with E-state index in [1.54, 1.807) is 13.1 Å². The summed E-state index contributed by atoms with van der Waals surface area (Å²) in [5.41, 5.74) is -0.0219. The number of rotatable bonds is 5. The molecule has 2 rings (SSSR count). The number of halogens is 1. The van der Waals surface area contributed by atoms with Gasteiger partial charge in [-0.1, -0.05) is 11.3 Å². The molecule has 1 heterocycles. The molecule has 19 heavy (non-hydrogen) atoms. The number of hydrogen-bond donors (Lipinski definition) is 1. The summed E-state index contributed by atoms with van der Waals surface area (Å²) < 4.78 is 6.15. The van der Waals surface area contributed by atoms with E-state index in [1.807, 2.05) is 0 Å². The van der Waals surface area contributed by atoms with E-state index in [9.17, 15) is 10.1 Å². The molecule has 7 nitrogen and oxygen atoms in total. The highest BCUT2D eigenvalue weighted by atomic mass is 79.9. The summed E-state index contributed by atoms with van der Waals surface area (Å²) in [5, 5.41) is 22.7. The highest BCUT2D eigenvalue weighted by molar-refractivity contribution is 9.10. The fourth-order valence-corrected chi connectivity index (χ4v) is 2.24. The topological polar surface area (TPSA) is 90.2 Å². The number of nitrogens with zero attached hydrogens (tertiary/aromatic N) is 3. The quantitative estimate of drug-likeness (QED) is 0.662. The molecule has 0 radical (unpaired) electrons. The molecule has 0 saturated carbocycles. The van der Waals surface area contributed by atoms with E-state index in [-0.39, 0.29) is 12.3 Å². The molecule has 0 aliphatic carbocycles. The summed E-state index contributed by atoms with van der Waals surface area (Å²) in [6, 6.07) is 4.34. The molecule has 0 aliphatic rings. The predicted molar refractivity (Wildman–Crippen MR) is 74.6 cm³/mol. The van der Waals surface area contributed by atoms with Crippen LogP contribution >= 0.6 is 27.3 Å². The van der Waals surface area contributed by atoms with Crippen LogP contribution in [0.15, 0.2) is 22.7 Å². The van der Waals surface area contributed by atoms with Crippen LogP contribution < -0.4 is 10.1 Å². The van der Waals surface area contributed by atoms with E-state index < -0.39 is 4.92 Å². The average molecular weight is 345 g/mol. The Kier molecular flexibility index (Phi) is 4.27. The lowest BCUT2D eigenvalue weighted by Gasteiger charge is -2.05. The van der Waals surface area contributed by atoms with Crippen LogP contribution in [0.1, 0.15) is 5.01 Å². The van der Waals surface area contributed by atoms with Crippen LogP contribution in [0.3, 0.4) is 0 Å². The van der Waals surface area contributed by atoms with Crippen LogP contribution in [0.4, 0.5) is 10.8 Å². The molecule has 0 atom stereocenters. The van der Waals surface area contributed by atoms with Gasteiger partial charge >= 0.3 is 0 Å². The van der Waals surface area contributed by atoms with Crippen LogP contribution in [0.2, 0.25) is 0 Å². The van der Waals surface area contributed by atoms with Crippen LogP contribution in [0, 0.1) is 10.1 Å². The monoisotopic (exact) mass is 344 g/mol. The van der Waals surface area contributed by atoms with Crippen molar-refractivity contribution >= 4 is 38.1 Å². The zero-order valence-electron chi connectivity index (χ0n) is 9.79. The van der Waals surface area contributed by atoms with Gasteiger partial charge in [0.15, 0.2) is 5.01 Å². The summed E-state index contributed by atoms with van der Waals surface area (Å²) in [7, 11) is 1.75. The molecule has 9 heteroatoms. The van der Waals surface area contributed by atoms with Gasteiger partial charge in [0.1, 0.15) is 12.4 Å². The lowest BCUT2D eigenvalue weighted by atomic mass is 10.3. The lowest BCUT2D eigenvalue weighted by Crippen LogP contribution is -1.97. The van der Waals surface area contributed by atoms with Crippen LogP contribution in [0.25, 0.3) is 0 Å². The number of nitro groups is 1. The van der Waals surface area contributed by atoms with Crippen LogP contribution in [-0.4, -0.2) is 22.2 Å². The van der Waals surface area contributed by atoms with Gasteiger partial charge in [-0.05, 0) is 22.0 Å². The maximum Gasteiger partial charge on any atom is 0.273 e. The minimum Gasteiger partial charge on any atom is -0.485 e. The predicted octanol–water partition coefficient (Wildman–Crippen LogP) is 2.83. The Hall–Kier alpha value is -1.74. The summed E-state index contributed by atoms with van der Waals surface area (Å²) in [6.45, 7) is 0.207.